The van der Waals surface area contributed by atoms with E-state index >= 15 is 0 Å². The van der Waals surface area contributed by atoms with Crippen LogP contribution in [0.25, 0.3) is 0 Å². The molecule has 0 aliphatic carbocycles. The van der Waals surface area contributed by atoms with Gasteiger partial charge in [0.05, 0.1) is 11.3 Å². The Hall–Kier alpha value is -1.91. The van der Waals surface area contributed by atoms with Crippen molar-refractivity contribution in [3.8, 4) is 0 Å². The molecule has 4 nitrogen and oxygen atoms in total. The Morgan fingerprint density at radius 1 is 1.44 bits per heavy atom. The van der Waals surface area contributed by atoms with E-state index in [0.29, 0.717) is 0 Å². The Balaban J connectivity index is 2.90. The van der Waals surface area contributed by atoms with Gasteiger partial charge in [-0.25, -0.2) is 9.18 Å². The molecule has 0 aliphatic heterocycles. The molecule has 0 saturated heterocycles. The minimum atomic E-state index is -1.27. The molecule has 1 unspecified atom stereocenters. The van der Waals surface area contributed by atoms with Crippen molar-refractivity contribution in [2.24, 2.45) is 5.92 Å². The lowest BCUT2D eigenvalue weighted by Crippen LogP contribution is -2.18. The van der Waals surface area contributed by atoms with Gasteiger partial charge in [0.2, 0.25) is 5.91 Å². The zero-order valence-corrected chi connectivity index (χ0v) is 10.4. The molecule has 1 aromatic carbocycles. The molecule has 1 atom stereocenters. The van der Waals surface area contributed by atoms with Crippen molar-refractivity contribution in [2.75, 3.05) is 5.32 Å². The van der Waals surface area contributed by atoms with Crippen LogP contribution in [0.2, 0.25) is 0 Å². The van der Waals surface area contributed by atoms with Gasteiger partial charge in [-0.2, -0.15) is 0 Å². The maximum absolute atomic E-state index is 13.5. The van der Waals surface area contributed by atoms with Crippen molar-refractivity contribution in [3.05, 3.63) is 29.6 Å². The second kappa shape index (κ2) is 6.14. The first kappa shape index (κ1) is 14.2. The van der Waals surface area contributed by atoms with Crippen molar-refractivity contribution in [1.29, 1.82) is 0 Å². The zero-order valence-electron chi connectivity index (χ0n) is 10.4. The van der Waals surface area contributed by atoms with Gasteiger partial charge in [-0.05, 0) is 18.1 Å². The second-order valence-electron chi connectivity index (χ2n) is 4.23. The molecule has 0 saturated carbocycles. The topological polar surface area (TPSA) is 66.4 Å². The number of hydrogen-bond donors (Lipinski definition) is 2. The molecule has 1 rings (SSSR count). The molecule has 1 amide bonds. The van der Waals surface area contributed by atoms with E-state index in [-0.39, 0.29) is 29.5 Å². The van der Waals surface area contributed by atoms with Crippen LogP contribution in [0.15, 0.2) is 18.2 Å². The number of para-hydroxylation sites is 1. The molecule has 1 aromatic rings. The van der Waals surface area contributed by atoms with Crippen LogP contribution < -0.4 is 5.32 Å². The van der Waals surface area contributed by atoms with E-state index in [4.69, 9.17) is 5.11 Å². The average Bonchev–Trinajstić information content (AvgIpc) is 2.31. The first-order valence-corrected chi connectivity index (χ1v) is 5.77. The van der Waals surface area contributed by atoms with Crippen molar-refractivity contribution in [1.82, 2.24) is 0 Å². The van der Waals surface area contributed by atoms with Crippen molar-refractivity contribution in [2.45, 2.75) is 26.7 Å². The molecule has 0 radical (unpaired) electrons. The standard InChI is InChI=1S/C13H16FNO3/c1-3-8(2)7-11(16)15-12-9(13(17)18)5-4-6-10(12)14/h4-6,8H,3,7H2,1-2H3,(H,15,16)(H,17,18). The summed E-state index contributed by atoms with van der Waals surface area (Å²) in [6.07, 6.45) is 1.07. The van der Waals surface area contributed by atoms with Gasteiger partial charge in [-0.3, -0.25) is 4.79 Å². The number of carbonyl (C=O) groups excluding carboxylic acids is 1. The van der Waals surface area contributed by atoms with Crippen molar-refractivity contribution < 1.29 is 19.1 Å². The van der Waals surface area contributed by atoms with Crippen LogP contribution in [-0.4, -0.2) is 17.0 Å². The van der Waals surface area contributed by atoms with E-state index in [2.05, 4.69) is 5.32 Å². The van der Waals surface area contributed by atoms with Gasteiger partial charge in [-0.15, -0.1) is 0 Å². The van der Waals surface area contributed by atoms with Crippen LogP contribution in [0.3, 0.4) is 0 Å². The number of anilines is 1. The average molecular weight is 253 g/mol. The van der Waals surface area contributed by atoms with E-state index in [1.165, 1.54) is 12.1 Å². The minimum absolute atomic E-state index is 0.171. The highest BCUT2D eigenvalue weighted by Gasteiger charge is 2.17. The van der Waals surface area contributed by atoms with E-state index in [1.807, 2.05) is 13.8 Å². The fourth-order valence-electron chi connectivity index (χ4n) is 1.48. The van der Waals surface area contributed by atoms with Crippen LogP contribution >= 0.6 is 0 Å². The third-order valence-electron chi connectivity index (χ3n) is 2.74. The number of rotatable bonds is 5. The fourth-order valence-corrected chi connectivity index (χ4v) is 1.48. The van der Waals surface area contributed by atoms with Crippen LogP contribution in [-0.2, 0) is 4.79 Å². The van der Waals surface area contributed by atoms with Gasteiger partial charge in [0.25, 0.3) is 0 Å². The summed E-state index contributed by atoms with van der Waals surface area (Å²) in [5.74, 6) is -2.22. The monoisotopic (exact) mass is 253 g/mol. The molecule has 5 heteroatoms. The Bertz CT molecular complexity index is 460. The number of amides is 1. The largest absolute Gasteiger partial charge is 0.478 e. The third kappa shape index (κ3) is 3.55. The Morgan fingerprint density at radius 2 is 2.11 bits per heavy atom. The van der Waals surface area contributed by atoms with Gasteiger partial charge in [0.1, 0.15) is 5.82 Å². The summed E-state index contributed by atoms with van der Waals surface area (Å²) < 4.78 is 13.5. The summed E-state index contributed by atoms with van der Waals surface area (Å²) in [6, 6.07) is 3.67. The van der Waals surface area contributed by atoms with Crippen LogP contribution in [0.4, 0.5) is 10.1 Å². The lowest BCUT2D eigenvalue weighted by atomic mass is 10.0. The quantitative estimate of drug-likeness (QED) is 0.847. The number of nitrogens with one attached hydrogen (secondary N) is 1. The maximum Gasteiger partial charge on any atom is 0.337 e. The number of halogens is 1. The Morgan fingerprint density at radius 3 is 2.67 bits per heavy atom. The van der Waals surface area contributed by atoms with Crippen molar-refractivity contribution >= 4 is 17.6 Å². The highest BCUT2D eigenvalue weighted by Crippen LogP contribution is 2.20. The van der Waals surface area contributed by atoms with Crippen LogP contribution in [0, 0.1) is 11.7 Å². The zero-order chi connectivity index (χ0) is 13.7. The maximum atomic E-state index is 13.5. The van der Waals surface area contributed by atoms with E-state index < -0.39 is 11.8 Å². The van der Waals surface area contributed by atoms with Gasteiger partial charge >= 0.3 is 5.97 Å². The number of carbonyl (C=O) groups is 2. The summed E-state index contributed by atoms with van der Waals surface area (Å²) in [7, 11) is 0. The number of benzene rings is 1. The van der Waals surface area contributed by atoms with Crippen LogP contribution in [0.1, 0.15) is 37.0 Å². The Kier molecular flexibility index (Phi) is 4.83. The number of carboxylic acids is 1. The van der Waals surface area contributed by atoms with Gasteiger partial charge in [0, 0.05) is 6.42 Å². The van der Waals surface area contributed by atoms with Gasteiger partial charge in [-0.1, -0.05) is 26.3 Å². The minimum Gasteiger partial charge on any atom is -0.478 e. The predicted octanol–water partition coefficient (Wildman–Crippen LogP) is 2.90. The lowest BCUT2D eigenvalue weighted by Gasteiger charge is -2.11. The molecule has 0 heterocycles. The first-order valence-electron chi connectivity index (χ1n) is 5.77. The summed E-state index contributed by atoms with van der Waals surface area (Å²) in [4.78, 5) is 22.6. The summed E-state index contributed by atoms with van der Waals surface area (Å²) in [5.41, 5.74) is -0.509. The van der Waals surface area contributed by atoms with E-state index in [0.717, 1.165) is 12.5 Å². The summed E-state index contributed by atoms with van der Waals surface area (Å²) >= 11 is 0. The molecule has 98 valence electrons. The molecule has 18 heavy (non-hydrogen) atoms. The lowest BCUT2D eigenvalue weighted by molar-refractivity contribution is -0.117. The fraction of sp³-hybridized carbons (Fsp3) is 0.385. The second-order valence-corrected chi connectivity index (χ2v) is 4.23. The molecule has 0 spiro atoms. The van der Waals surface area contributed by atoms with Crippen LogP contribution in [0.5, 0.6) is 0 Å². The SMILES string of the molecule is CCC(C)CC(=O)Nc1c(F)cccc1C(=O)O. The summed E-state index contributed by atoms with van der Waals surface area (Å²) in [6.45, 7) is 3.85. The normalized spacial score (nSPS) is 11.9. The van der Waals surface area contributed by atoms with Crippen molar-refractivity contribution in [3.63, 3.8) is 0 Å². The smallest absolute Gasteiger partial charge is 0.337 e. The molecule has 0 aliphatic rings. The number of aromatic carboxylic acids is 1. The van der Waals surface area contributed by atoms with Gasteiger partial charge < -0.3 is 10.4 Å². The summed E-state index contributed by atoms with van der Waals surface area (Å²) in [5, 5.41) is 11.2. The molecule has 2 N–H and O–H groups in total. The molecule has 0 aromatic heterocycles. The number of carboxylic acid groups (broad SMARTS) is 1. The highest BCUT2D eigenvalue weighted by molar-refractivity contribution is 6.00. The molecular weight excluding hydrogens is 237 g/mol. The predicted molar refractivity (Wildman–Crippen MR) is 66.1 cm³/mol. The molecule has 0 fully saturated rings. The first-order chi connectivity index (χ1) is 8.45. The number of hydrogen-bond acceptors (Lipinski definition) is 2. The molecular formula is C13H16FNO3. The highest BCUT2D eigenvalue weighted by atomic mass is 19.1. The van der Waals surface area contributed by atoms with E-state index in [9.17, 15) is 14.0 Å². The molecule has 0 bridgehead atoms. The Labute approximate surface area is 105 Å². The van der Waals surface area contributed by atoms with Gasteiger partial charge in [0.15, 0.2) is 0 Å². The third-order valence-corrected chi connectivity index (χ3v) is 2.74. The van der Waals surface area contributed by atoms with E-state index in [1.54, 1.807) is 0 Å².